The quantitative estimate of drug-likeness (QED) is 0.0144. The van der Waals surface area contributed by atoms with Gasteiger partial charge in [-0.05, 0) is 58.7 Å². The van der Waals surface area contributed by atoms with Gasteiger partial charge in [-0.2, -0.15) is 19.9 Å². The first-order valence-electron chi connectivity index (χ1n) is 32.2. The Morgan fingerprint density at radius 2 is 0.701 bits per heavy atom. The van der Waals surface area contributed by atoms with Crippen LogP contribution in [0.4, 0.5) is 28.2 Å². The number of aromatic amines is 4. The van der Waals surface area contributed by atoms with Crippen LogP contribution in [0.5, 0.6) is 0 Å². The number of benzene rings is 4. The second kappa shape index (κ2) is 38.0. The van der Waals surface area contributed by atoms with Crippen LogP contribution < -0.4 is 45.2 Å². The van der Waals surface area contributed by atoms with E-state index in [1.54, 1.807) is 61.9 Å². The number of fused-ring (bicyclic) bond motifs is 4. The standard InChI is InChI=1S/C16H19BrN5O4P.C16H19ClN5O4P.C16H19FN5O4P.C16H20N5O4P/c3*1-27(24,26-8-11-3-2-4-12(17)7-11)10-25-6-5-22-9-19-13-14(22)20-16(18)21-15(13)23;1-26(23,25-9-12-5-3-2-4-6-12)11-24-8-7-21-10-18-13-14(21)19-16(17)20-15(13)22/h3*2-4,7,9H,5-6,8,10H2,1H3,(H3,18,20,21,23);2-6,10H,7-9,11H2,1H3,(H3,17,19,20,22). The van der Waals surface area contributed by atoms with E-state index in [0.717, 1.165) is 21.2 Å². The van der Waals surface area contributed by atoms with Gasteiger partial charge in [0.2, 0.25) is 53.3 Å². The molecule has 4 unspecified atom stereocenters. The van der Waals surface area contributed by atoms with Gasteiger partial charge in [0.05, 0.1) is 78.2 Å². The largest absolute Gasteiger partial charge is 0.370 e. The summed E-state index contributed by atoms with van der Waals surface area (Å²) in [6.45, 7) is 9.30. The molecule has 0 aliphatic heterocycles. The summed E-state index contributed by atoms with van der Waals surface area (Å²) >= 11 is 9.30. The normalized spacial score (nSPS) is 13.7. The highest BCUT2D eigenvalue weighted by Crippen LogP contribution is 2.46. The first kappa shape index (κ1) is 81.8. The molecule has 43 heteroatoms. The zero-order chi connectivity index (χ0) is 76.9. The number of rotatable bonds is 32. The molecule has 12 N–H and O–H groups in total. The number of anilines is 4. The SMILES string of the molecule is CP(=O)(COCCn1cnc2c(=O)[nH]c(N)nc21)OCc1cccc(Br)c1.CP(=O)(COCCn1cnc2c(=O)[nH]c(N)nc21)OCc1cccc(Cl)c1.CP(=O)(COCCn1cnc2c(=O)[nH]c(N)nc21)OCc1cccc(F)c1.CP(=O)(COCCn1cnc2c(=O)[nH]c(N)nc21)OCc1ccccc1. The van der Waals surface area contributed by atoms with Gasteiger partial charge in [0.15, 0.2) is 44.7 Å². The lowest BCUT2D eigenvalue weighted by Crippen LogP contribution is -2.13. The summed E-state index contributed by atoms with van der Waals surface area (Å²) in [4.78, 5) is 88.8. The highest BCUT2D eigenvalue weighted by Gasteiger charge is 2.22. The molecule has 0 bridgehead atoms. The molecule has 4 atom stereocenters. The van der Waals surface area contributed by atoms with Gasteiger partial charge in [0, 0.05) is 62.3 Å². The Bertz CT molecular complexity index is 5070. The fourth-order valence-electron chi connectivity index (χ4n) is 9.56. The molecule has 0 amide bonds. The maximum absolute atomic E-state index is 13.1. The van der Waals surface area contributed by atoms with E-state index in [9.17, 15) is 41.8 Å². The molecule has 8 aromatic heterocycles. The van der Waals surface area contributed by atoms with Gasteiger partial charge >= 0.3 is 0 Å². The first-order valence-corrected chi connectivity index (χ1v) is 42.4. The molecule has 8 heterocycles. The van der Waals surface area contributed by atoms with Crippen molar-refractivity contribution in [1.29, 1.82) is 0 Å². The van der Waals surface area contributed by atoms with Gasteiger partial charge < -0.3 is 78.2 Å². The third-order valence-electron chi connectivity index (χ3n) is 14.7. The van der Waals surface area contributed by atoms with Crippen LogP contribution in [0.2, 0.25) is 5.02 Å². The van der Waals surface area contributed by atoms with E-state index in [2.05, 4.69) is 75.7 Å². The Labute approximate surface area is 621 Å². The summed E-state index contributed by atoms with van der Waals surface area (Å²) < 4.78 is 114. The average Bonchev–Trinajstić information content (AvgIpc) is 1.72. The molecule has 12 aromatic rings. The van der Waals surface area contributed by atoms with Crippen molar-refractivity contribution >= 4 is 125 Å². The molecule has 0 aliphatic carbocycles. The van der Waals surface area contributed by atoms with Crippen LogP contribution in [-0.4, -0.2) is 157 Å². The van der Waals surface area contributed by atoms with Crippen molar-refractivity contribution in [3.63, 3.8) is 0 Å². The van der Waals surface area contributed by atoms with Gasteiger partial charge in [-0.25, -0.2) is 24.3 Å². The second-order valence-electron chi connectivity index (χ2n) is 23.9. The summed E-state index contributed by atoms with van der Waals surface area (Å²) in [5, 5.41) is 0.596. The van der Waals surface area contributed by atoms with E-state index in [-0.39, 0.29) is 135 Å². The van der Waals surface area contributed by atoms with Crippen LogP contribution >= 0.6 is 57.0 Å². The van der Waals surface area contributed by atoms with Crippen LogP contribution in [-0.2, 0) is 108 Å². The van der Waals surface area contributed by atoms with Gasteiger partial charge in [-0.3, -0.25) is 57.4 Å². The Morgan fingerprint density at radius 1 is 0.411 bits per heavy atom. The highest BCUT2D eigenvalue weighted by molar-refractivity contribution is 9.10. The molecule has 570 valence electrons. The van der Waals surface area contributed by atoms with Crippen molar-refractivity contribution in [2.75, 3.05) is 101 Å². The molecule has 0 spiro atoms. The number of H-pyrrole nitrogens is 4. The van der Waals surface area contributed by atoms with Crippen molar-refractivity contribution < 1.29 is 59.7 Å². The number of imidazole rings is 4. The number of ether oxygens (including phenoxy) is 4. The van der Waals surface area contributed by atoms with Gasteiger partial charge in [0.25, 0.3) is 22.2 Å². The lowest BCUT2D eigenvalue weighted by Gasteiger charge is -2.14. The number of hydrogen-bond acceptors (Lipinski definition) is 28. The topological polar surface area (TPSA) is 500 Å². The number of nitrogens with two attached hydrogens (primary N) is 4. The second-order valence-corrected chi connectivity index (χ2v) is 35.5. The molecular weight excluding hydrogens is 1560 g/mol. The van der Waals surface area contributed by atoms with Crippen molar-refractivity contribution in [2.45, 2.75) is 52.6 Å². The number of nitrogens with zero attached hydrogens (tertiary/aromatic N) is 12. The average molecular weight is 1640 g/mol. The highest BCUT2D eigenvalue weighted by atomic mass is 79.9. The van der Waals surface area contributed by atoms with Crippen LogP contribution in [0.1, 0.15) is 22.3 Å². The number of hydrogen-bond donors (Lipinski definition) is 8. The first-order chi connectivity index (χ1) is 51.0. The predicted molar refractivity (Wildman–Crippen MR) is 405 cm³/mol. The van der Waals surface area contributed by atoms with E-state index in [4.69, 9.17) is 71.6 Å². The minimum Gasteiger partial charge on any atom is -0.370 e. The fraction of sp³-hybridized carbons (Fsp3) is 0.312. The molecule has 0 radical (unpaired) electrons. The Hall–Kier alpha value is -9.22. The van der Waals surface area contributed by atoms with Gasteiger partial charge in [-0.1, -0.05) is 94.3 Å². The predicted octanol–water partition coefficient (Wildman–Crippen LogP) is 8.76. The Kier molecular flexibility index (Phi) is 29.1. The molecule has 0 fully saturated rings. The van der Waals surface area contributed by atoms with Crippen molar-refractivity contribution in [1.82, 2.24) is 78.1 Å². The molecule has 12 rings (SSSR count). The Morgan fingerprint density at radius 3 is 1.02 bits per heavy atom. The molecule has 0 aliphatic rings. The molecular formula is C64H77BrClFN20O16P4. The number of halogens is 3. The Balaban J connectivity index is 0.000000165. The summed E-state index contributed by atoms with van der Waals surface area (Å²) in [6, 6.07) is 30.2. The number of nitrogen functional groups attached to an aromatic ring is 4. The zero-order valence-electron chi connectivity index (χ0n) is 58.1. The maximum Gasteiger partial charge on any atom is 0.280 e. The third kappa shape index (κ3) is 25.5. The van der Waals surface area contributed by atoms with Crippen LogP contribution in [0, 0.1) is 5.82 Å². The van der Waals surface area contributed by atoms with E-state index < -0.39 is 46.2 Å². The maximum atomic E-state index is 13.1. The zero-order valence-corrected chi connectivity index (χ0v) is 64.0. The molecule has 0 saturated heterocycles. The minimum absolute atomic E-state index is 0.000948. The number of nitrogens with one attached hydrogen (secondary N) is 4. The summed E-state index contributed by atoms with van der Waals surface area (Å²) in [5.41, 5.74) is 26.2. The lowest BCUT2D eigenvalue weighted by molar-refractivity contribution is 0.153. The van der Waals surface area contributed by atoms with Crippen molar-refractivity contribution in [3.8, 4) is 0 Å². The summed E-state index contributed by atoms with van der Waals surface area (Å²) in [6.07, 6.45) is 5.80. The summed E-state index contributed by atoms with van der Waals surface area (Å²) in [5.74, 6) is -0.313. The number of aromatic nitrogens is 16. The van der Waals surface area contributed by atoms with E-state index >= 15 is 0 Å². The van der Waals surface area contributed by atoms with Gasteiger partial charge in [-0.15, -0.1) is 0 Å². The van der Waals surface area contributed by atoms with Crippen LogP contribution in [0.25, 0.3) is 44.7 Å². The van der Waals surface area contributed by atoms with E-state index in [1.807, 2.05) is 60.7 Å². The van der Waals surface area contributed by atoms with Crippen LogP contribution in [0.3, 0.4) is 0 Å². The van der Waals surface area contributed by atoms with E-state index in [1.165, 1.54) is 50.8 Å². The molecule has 36 nitrogen and oxygen atoms in total. The van der Waals surface area contributed by atoms with Crippen LogP contribution in [0.15, 0.2) is 152 Å². The van der Waals surface area contributed by atoms with Crippen molar-refractivity contribution in [2.24, 2.45) is 0 Å². The molecule has 0 saturated carbocycles. The van der Waals surface area contributed by atoms with E-state index in [0.29, 0.717) is 59.4 Å². The van der Waals surface area contributed by atoms with Crippen molar-refractivity contribution in [3.05, 3.63) is 207 Å². The van der Waals surface area contributed by atoms with Gasteiger partial charge in [0.1, 0.15) is 31.2 Å². The smallest absolute Gasteiger partial charge is 0.280 e. The molecule has 107 heavy (non-hydrogen) atoms. The minimum atomic E-state index is -3.00. The third-order valence-corrected chi connectivity index (χ3v) is 20.7. The lowest BCUT2D eigenvalue weighted by atomic mass is 10.2. The summed E-state index contributed by atoms with van der Waals surface area (Å²) in [7, 11) is -11.7. The molecule has 4 aromatic carbocycles. The monoisotopic (exact) mass is 1640 g/mol. The fourth-order valence-corrected chi connectivity index (χ4v) is 14.0.